The summed E-state index contributed by atoms with van der Waals surface area (Å²) in [5.41, 5.74) is 0. The van der Waals surface area contributed by atoms with E-state index in [1.807, 2.05) is 0 Å². The molecule has 1 aliphatic rings. The average Bonchev–Trinajstić information content (AvgIpc) is 2.10. The van der Waals surface area contributed by atoms with Crippen LogP contribution in [0.5, 0.6) is 0 Å². The van der Waals surface area contributed by atoms with Crippen LogP contribution in [-0.2, 0) is 0 Å². The van der Waals surface area contributed by atoms with Crippen molar-refractivity contribution >= 4 is 0 Å². The highest BCUT2D eigenvalue weighted by Crippen LogP contribution is 2.25. The molecule has 60 valence electrons. The molecular weight excluding hydrogens is 120 g/mol. The minimum Gasteiger partial charge on any atom is -0.106 e. The Morgan fingerprint density at radius 2 is 1.60 bits per heavy atom. The summed E-state index contributed by atoms with van der Waals surface area (Å²) >= 11 is 0. The second-order valence-corrected chi connectivity index (χ2v) is 2.91. The van der Waals surface area contributed by atoms with Crippen LogP contribution in [0.15, 0.2) is 13.2 Å². The van der Waals surface area contributed by atoms with Gasteiger partial charge in [-0.3, -0.25) is 0 Å². The molecule has 0 aromatic heterocycles. The van der Waals surface area contributed by atoms with Crippen molar-refractivity contribution in [3.05, 3.63) is 13.2 Å². The van der Waals surface area contributed by atoms with Gasteiger partial charge in [0, 0.05) is 0 Å². The lowest BCUT2D eigenvalue weighted by molar-refractivity contribution is 0.349. The van der Waals surface area contributed by atoms with E-state index in [0.29, 0.717) is 0 Å². The van der Waals surface area contributed by atoms with Crippen molar-refractivity contribution in [2.24, 2.45) is 5.92 Å². The topological polar surface area (TPSA) is 0 Å². The molecule has 10 heavy (non-hydrogen) atoms. The van der Waals surface area contributed by atoms with Crippen LogP contribution in [0.2, 0.25) is 0 Å². The first-order valence-corrected chi connectivity index (χ1v) is 4.43. The summed E-state index contributed by atoms with van der Waals surface area (Å²) in [5, 5.41) is 0. The molecule has 0 heteroatoms. The SMILES string of the molecule is C=C.CCC1CCCCC1. The number of rotatable bonds is 1. The largest absolute Gasteiger partial charge is 0.106 e. The van der Waals surface area contributed by atoms with Gasteiger partial charge in [-0.2, -0.15) is 0 Å². The molecule has 1 rings (SSSR count). The van der Waals surface area contributed by atoms with Crippen molar-refractivity contribution in [1.82, 2.24) is 0 Å². The van der Waals surface area contributed by atoms with E-state index in [-0.39, 0.29) is 0 Å². The monoisotopic (exact) mass is 140 g/mol. The van der Waals surface area contributed by atoms with Gasteiger partial charge < -0.3 is 0 Å². The molecule has 1 aliphatic carbocycles. The Morgan fingerprint density at radius 3 is 1.90 bits per heavy atom. The quantitative estimate of drug-likeness (QED) is 0.486. The van der Waals surface area contributed by atoms with Gasteiger partial charge in [0.2, 0.25) is 0 Å². The maximum atomic E-state index is 3.00. The fourth-order valence-electron chi connectivity index (χ4n) is 1.60. The van der Waals surface area contributed by atoms with Gasteiger partial charge in [0.1, 0.15) is 0 Å². The minimum atomic E-state index is 1.09. The van der Waals surface area contributed by atoms with Gasteiger partial charge in [-0.15, -0.1) is 13.2 Å². The van der Waals surface area contributed by atoms with Crippen molar-refractivity contribution in [2.45, 2.75) is 45.4 Å². The van der Waals surface area contributed by atoms with Crippen LogP contribution in [0.1, 0.15) is 45.4 Å². The maximum Gasteiger partial charge on any atom is -0.0417 e. The summed E-state index contributed by atoms with van der Waals surface area (Å²) in [7, 11) is 0. The zero-order valence-corrected chi connectivity index (χ0v) is 7.23. The molecule has 0 radical (unpaired) electrons. The predicted molar refractivity (Wildman–Crippen MR) is 48.1 cm³/mol. The zero-order chi connectivity index (χ0) is 7.82. The smallest absolute Gasteiger partial charge is 0.0417 e. The molecule has 0 unspecified atom stereocenters. The third-order valence-corrected chi connectivity index (χ3v) is 2.30. The van der Waals surface area contributed by atoms with E-state index in [1.54, 1.807) is 0 Å². The molecule has 0 heterocycles. The van der Waals surface area contributed by atoms with Crippen molar-refractivity contribution in [3.63, 3.8) is 0 Å². The summed E-state index contributed by atoms with van der Waals surface area (Å²) in [5.74, 6) is 1.09. The third-order valence-electron chi connectivity index (χ3n) is 2.30. The van der Waals surface area contributed by atoms with E-state index in [0.717, 1.165) is 5.92 Å². The summed E-state index contributed by atoms with van der Waals surface area (Å²) in [4.78, 5) is 0. The Labute approximate surface area is 65.3 Å². The molecule has 0 bridgehead atoms. The molecule has 0 spiro atoms. The Kier molecular flexibility index (Phi) is 6.68. The molecule has 0 aromatic carbocycles. The molecule has 1 fully saturated rings. The lowest BCUT2D eigenvalue weighted by Gasteiger charge is -2.18. The van der Waals surface area contributed by atoms with Gasteiger partial charge in [0.05, 0.1) is 0 Å². The normalized spacial score (nSPS) is 19.3. The van der Waals surface area contributed by atoms with E-state index >= 15 is 0 Å². The molecule has 0 aliphatic heterocycles. The third kappa shape index (κ3) is 3.71. The second kappa shape index (κ2) is 6.85. The van der Waals surface area contributed by atoms with Crippen molar-refractivity contribution < 1.29 is 0 Å². The number of hydrogen-bond donors (Lipinski definition) is 0. The van der Waals surface area contributed by atoms with E-state index in [4.69, 9.17) is 0 Å². The average molecular weight is 140 g/mol. The van der Waals surface area contributed by atoms with Crippen LogP contribution in [-0.4, -0.2) is 0 Å². The first-order chi connectivity index (χ1) is 4.93. The summed E-state index contributed by atoms with van der Waals surface area (Å²) in [6, 6.07) is 0. The highest BCUT2D eigenvalue weighted by Gasteiger charge is 2.09. The molecule has 0 nitrogen and oxygen atoms in total. The number of hydrogen-bond acceptors (Lipinski definition) is 0. The molecule has 1 saturated carbocycles. The lowest BCUT2D eigenvalue weighted by atomic mass is 9.88. The molecule has 0 N–H and O–H groups in total. The van der Waals surface area contributed by atoms with E-state index < -0.39 is 0 Å². The van der Waals surface area contributed by atoms with Crippen LogP contribution >= 0.6 is 0 Å². The van der Waals surface area contributed by atoms with Crippen LogP contribution in [0.4, 0.5) is 0 Å². The van der Waals surface area contributed by atoms with Crippen LogP contribution in [0.3, 0.4) is 0 Å². The van der Waals surface area contributed by atoms with Gasteiger partial charge in [-0.05, 0) is 5.92 Å². The van der Waals surface area contributed by atoms with Gasteiger partial charge in [-0.1, -0.05) is 45.4 Å². The molecule has 0 atom stereocenters. The first-order valence-electron chi connectivity index (χ1n) is 4.43. The summed E-state index contributed by atoms with van der Waals surface area (Å²) in [6.45, 7) is 8.32. The standard InChI is InChI=1S/C8H16.C2H4/c1-2-8-6-4-3-5-7-8;1-2/h8H,2-7H2,1H3;1-2H2. The Morgan fingerprint density at radius 1 is 1.10 bits per heavy atom. The van der Waals surface area contributed by atoms with Crippen molar-refractivity contribution in [3.8, 4) is 0 Å². The first kappa shape index (κ1) is 9.74. The van der Waals surface area contributed by atoms with Crippen LogP contribution < -0.4 is 0 Å². The van der Waals surface area contributed by atoms with Crippen LogP contribution in [0.25, 0.3) is 0 Å². The highest BCUT2D eigenvalue weighted by molar-refractivity contribution is 4.63. The predicted octanol–water partition coefficient (Wildman–Crippen LogP) is 3.78. The minimum absolute atomic E-state index is 1.09. The summed E-state index contributed by atoms with van der Waals surface area (Å²) in [6.07, 6.45) is 8.93. The Hall–Kier alpha value is -0.260. The van der Waals surface area contributed by atoms with E-state index in [2.05, 4.69) is 20.1 Å². The fraction of sp³-hybridized carbons (Fsp3) is 0.800. The Balaban J connectivity index is 0.000000371. The second-order valence-electron chi connectivity index (χ2n) is 2.91. The maximum absolute atomic E-state index is 3.00. The van der Waals surface area contributed by atoms with Gasteiger partial charge >= 0.3 is 0 Å². The lowest BCUT2D eigenvalue weighted by Crippen LogP contribution is -2.03. The van der Waals surface area contributed by atoms with Crippen molar-refractivity contribution in [2.75, 3.05) is 0 Å². The van der Waals surface area contributed by atoms with Crippen LogP contribution in [0, 0.1) is 5.92 Å². The van der Waals surface area contributed by atoms with Gasteiger partial charge in [-0.25, -0.2) is 0 Å². The van der Waals surface area contributed by atoms with Crippen molar-refractivity contribution in [1.29, 1.82) is 0 Å². The molecule has 0 saturated heterocycles. The fourth-order valence-corrected chi connectivity index (χ4v) is 1.60. The zero-order valence-electron chi connectivity index (χ0n) is 7.23. The molecule has 0 aromatic rings. The Bertz CT molecular complexity index is 60.4. The summed E-state index contributed by atoms with van der Waals surface area (Å²) < 4.78 is 0. The van der Waals surface area contributed by atoms with Gasteiger partial charge in [0.15, 0.2) is 0 Å². The van der Waals surface area contributed by atoms with E-state index in [1.165, 1.54) is 38.5 Å². The van der Waals surface area contributed by atoms with E-state index in [9.17, 15) is 0 Å². The highest BCUT2D eigenvalue weighted by atomic mass is 14.2. The molecular formula is C10H20. The molecule has 0 amide bonds. The van der Waals surface area contributed by atoms with Gasteiger partial charge in [0.25, 0.3) is 0 Å².